The Hall–Kier alpha value is -1.35. The van der Waals surface area contributed by atoms with E-state index in [1.165, 1.54) is 11.1 Å². The number of hydrogen-bond acceptors (Lipinski definition) is 3. The molecule has 2 aliphatic rings. The number of methoxy groups -OCH3 is 1. The predicted octanol–water partition coefficient (Wildman–Crippen LogP) is 2.88. The number of Topliss-reactive ketones (excluding diaryl/α,β-unsaturated/α-hetero) is 1. The highest BCUT2D eigenvalue weighted by molar-refractivity contribution is 5.86. The highest BCUT2D eigenvalue weighted by Crippen LogP contribution is 2.56. The van der Waals surface area contributed by atoms with Crippen molar-refractivity contribution in [2.24, 2.45) is 11.3 Å². The average Bonchev–Trinajstić information content (AvgIpc) is 2.51. The first-order valence-corrected chi connectivity index (χ1v) is 7.78. The van der Waals surface area contributed by atoms with Crippen molar-refractivity contribution in [3.05, 3.63) is 29.3 Å². The minimum atomic E-state index is -0.603. The van der Waals surface area contributed by atoms with Gasteiger partial charge in [0.25, 0.3) is 0 Å². The molecule has 0 amide bonds. The third-order valence-corrected chi connectivity index (χ3v) is 6.03. The van der Waals surface area contributed by atoms with Gasteiger partial charge in [-0.2, -0.15) is 0 Å². The molecule has 3 atom stereocenters. The molecule has 0 aromatic heterocycles. The molecule has 3 nitrogen and oxygen atoms in total. The second-order valence-corrected chi connectivity index (χ2v) is 6.99. The summed E-state index contributed by atoms with van der Waals surface area (Å²) >= 11 is 0. The molecule has 0 spiro atoms. The lowest BCUT2D eigenvalue weighted by Gasteiger charge is -2.54. The summed E-state index contributed by atoms with van der Waals surface area (Å²) in [5.41, 5.74) is 1.94. The number of carbonyl (C=O) groups excluding carboxylic acids is 1. The molecule has 0 heterocycles. The summed E-state index contributed by atoms with van der Waals surface area (Å²) in [5, 5.41) is 9.88. The van der Waals surface area contributed by atoms with E-state index in [9.17, 15) is 9.90 Å². The van der Waals surface area contributed by atoms with Crippen LogP contribution in [0.5, 0.6) is 5.75 Å². The number of carbonyl (C=O) groups is 1. The van der Waals surface area contributed by atoms with Gasteiger partial charge in [-0.05, 0) is 47.8 Å². The lowest BCUT2D eigenvalue weighted by atomic mass is 9.49. The predicted molar refractivity (Wildman–Crippen MR) is 81.6 cm³/mol. The standard InChI is InChI=1S/C18H24O3/c1-17-10-9-16(20)18(2,11-19)15(17)8-7-12-13(17)5-4-6-14(12)21-3/h4-6,15,19H,7-11H2,1-3H3. The molecule has 1 fully saturated rings. The molecule has 0 bridgehead atoms. The van der Waals surface area contributed by atoms with Gasteiger partial charge in [-0.25, -0.2) is 0 Å². The van der Waals surface area contributed by atoms with E-state index in [-0.39, 0.29) is 23.7 Å². The van der Waals surface area contributed by atoms with Crippen LogP contribution in [-0.4, -0.2) is 24.6 Å². The summed E-state index contributed by atoms with van der Waals surface area (Å²) in [6, 6.07) is 6.23. The minimum Gasteiger partial charge on any atom is -0.496 e. The zero-order valence-corrected chi connectivity index (χ0v) is 13.1. The number of ketones is 1. The molecule has 21 heavy (non-hydrogen) atoms. The maximum Gasteiger partial charge on any atom is 0.141 e. The van der Waals surface area contributed by atoms with E-state index in [4.69, 9.17) is 4.74 Å². The summed E-state index contributed by atoms with van der Waals surface area (Å²) in [6.07, 6.45) is 3.28. The van der Waals surface area contributed by atoms with Gasteiger partial charge in [-0.3, -0.25) is 4.79 Å². The third kappa shape index (κ3) is 1.87. The number of hydrogen-bond donors (Lipinski definition) is 1. The smallest absolute Gasteiger partial charge is 0.141 e. The van der Waals surface area contributed by atoms with Gasteiger partial charge in [-0.1, -0.05) is 26.0 Å². The van der Waals surface area contributed by atoms with E-state index in [2.05, 4.69) is 13.0 Å². The van der Waals surface area contributed by atoms with Crippen LogP contribution in [0.25, 0.3) is 0 Å². The van der Waals surface area contributed by atoms with Crippen molar-refractivity contribution >= 4 is 5.78 Å². The van der Waals surface area contributed by atoms with Crippen LogP contribution in [0.4, 0.5) is 0 Å². The van der Waals surface area contributed by atoms with Gasteiger partial charge in [0, 0.05) is 6.42 Å². The van der Waals surface area contributed by atoms with Crippen LogP contribution in [-0.2, 0) is 16.6 Å². The van der Waals surface area contributed by atoms with Crippen molar-refractivity contribution in [1.82, 2.24) is 0 Å². The largest absolute Gasteiger partial charge is 0.496 e. The number of rotatable bonds is 2. The zero-order chi connectivity index (χ0) is 15.3. The quantitative estimate of drug-likeness (QED) is 0.910. The Morgan fingerprint density at radius 2 is 2.10 bits per heavy atom. The Kier molecular flexibility index (Phi) is 3.36. The summed E-state index contributed by atoms with van der Waals surface area (Å²) in [4.78, 5) is 12.4. The lowest BCUT2D eigenvalue weighted by molar-refractivity contribution is -0.142. The van der Waals surface area contributed by atoms with E-state index in [0.29, 0.717) is 6.42 Å². The average molecular weight is 288 g/mol. The molecule has 1 aromatic rings. The van der Waals surface area contributed by atoms with Gasteiger partial charge in [0.15, 0.2) is 0 Å². The summed E-state index contributed by atoms with van der Waals surface area (Å²) in [6.45, 7) is 4.16. The molecule has 3 rings (SSSR count). The molecule has 1 N–H and O–H groups in total. The number of aliphatic hydroxyl groups excluding tert-OH is 1. The van der Waals surface area contributed by atoms with Crippen molar-refractivity contribution in [2.75, 3.05) is 13.7 Å². The molecule has 0 radical (unpaired) electrons. The fraction of sp³-hybridized carbons (Fsp3) is 0.611. The minimum absolute atomic E-state index is 0.0481. The van der Waals surface area contributed by atoms with Crippen LogP contribution < -0.4 is 4.74 Å². The molecule has 2 aliphatic carbocycles. The molecule has 0 aliphatic heterocycles. The molecule has 0 saturated heterocycles. The Morgan fingerprint density at radius 1 is 1.33 bits per heavy atom. The summed E-state index contributed by atoms with van der Waals surface area (Å²) in [7, 11) is 1.71. The van der Waals surface area contributed by atoms with Crippen molar-refractivity contribution in [3.8, 4) is 5.75 Å². The fourth-order valence-corrected chi connectivity index (χ4v) is 4.73. The van der Waals surface area contributed by atoms with Crippen LogP contribution in [0, 0.1) is 11.3 Å². The van der Waals surface area contributed by atoms with Crippen LogP contribution in [0.15, 0.2) is 18.2 Å². The summed E-state index contributed by atoms with van der Waals surface area (Å²) < 4.78 is 5.52. The molecule has 114 valence electrons. The zero-order valence-electron chi connectivity index (χ0n) is 13.1. The first-order chi connectivity index (χ1) is 9.97. The Bertz CT molecular complexity index is 580. The Morgan fingerprint density at radius 3 is 2.76 bits per heavy atom. The first kappa shape index (κ1) is 14.6. The number of ether oxygens (including phenoxy) is 1. The van der Waals surface area contributed by atoms with Gasteiger partial charge in [-0.15, -0.1) is 0 Å². The van der Waals surface area contributed by atoms with E-state index < -0.39 is 5.41 Å². The van der Waals surface area contributed by atoms with E-state index in [0.717, 1.165) is 25.0 Å². The lowest BCUT2D eigenvalue weighted by Crippen LogP contribution is -2.55. The fourth-order valence-electron chi connectivity index (χ4n) is 4.73. The topological polar surface area (TPSA) is 46.5 Å². The van der Waals surface area contributed by atoms with Gasteiger partial charge in [0.05, 0.1) is 19.1 Å². The number of aliphatic hydroxyl groups is 1. The highest BCUT2D eigenvalue weighted by atomic mass is 16.5. The van der Waals surface area contributed by atoms with Crippen LogP contribution in [0.3, 0.4) is 0 Å². The van der Waals surface area contributed by atoms with E-state index in [1.54, 1.807) is 7.11 Å². The second-order valence-electron chi connectivity index (χ2n) is 6.99. The second kappa shape index (κ2) is 4.84. The number of benzene rings is 1. The molecule has 3 heteroatoms. The molecule has 1 aromatic carbocycles. The summed E-state index contributed by atoms with van der Waals surface area (Å²) in [5.74, 6) is 1.38. The van der Waals surface area contributed by atoms with Gasteiger partial charge in [0.2, 0.25) is 0 Å². The van der Waals surface area contributed by atoms with Gasteiger partial charge < -0.3 is 9.84 Å². The monoisotopic (exact) mass is 288 g/mol. The van der Waals surface area contributed by atoms with E-state index >= 15 is 0 Å². The normalized spacial score (nSPS) is 35.0. The van der Waals surface area contributed by atoms with Crippen molar-refractivity contribution in [1.29, 1.82) is 0 Å². The molecular formula is C18H24O3. The van der Waals surface area contributed by atoms with E-state index in [1.807, 2.05) is 19.1 Å². The molecular weight excluding hydrogens is 264 g/mol. The van der Waals surface area contributed by atoms with Crippen molar-refractivity contribution in [2.45, 2.75) is 44.9 Å². The van der Waals surface area contributed by atoms with Crippen molar-refractivity contribution in [3.63, 3.8) is 0 Å². The van der Waals surface area contributed by atoms with Crippen LogP contribution in [0.2, 0.25) is 0 Å². The molecule has 1 saturated carbocycles. The SMILES string of the molecule is COc1cccc2c1CCC1C(C)(CO)C(=O)CCC21C. The Balaban J connectivity index is 2.14. The molecule has 3 unspecified atom stereocenters. The van der Waals surface area contributed by atoms with Crippen LogP contribution >= 0.6 is 0 Å². The maximum absolute atomic E-state index is 12.4. The van der Waals surface area contributed by atoms with Crippen LogP contribution in [0.1, 0.15) is 44.2 Å². The first-order valence-electron chi connectivity index (χ1n) is 7.78. The highest BCUT2D eigenvalue weighted by Gasteiger charge is 2.55. The van der Waals surface area contributed by atoms with Gasteiger partial charge >= 0.3 is 0 Å². The van der Waals surface area contributed by atoms with Gasteiger partial charge in [0.1, 0.15) is 11.5 Å². The Labute approximate surface area is 126 Å². The number of fused-ring (bicyclic) bond motifs is 3. The maximum atomic E-state index is 12.4. The van der Waals surface area contributed by atoms with Crippen molar-refractivity contribution < 1.29 is 14.6 Å². The third-order valence-electron chi connectivity index (χ3n) is 6.03.